The minimum Gasteiger partial charge on any atom is -0.371 e. The molecule has 3 aromatic carbocycles. The molecule has 3 saturated heterocycles. The van der Waals surface area contributed by atoms with E-state index in [9.17, 15) is 28.8 Å². The van der Waals surface area contributed by atoms with E-state index in [-0.39, 0.29) is 30.2 Å². The van der Waals surface area contributed by atoms with Crippen LogP contribution in [0.15, 0.2) is 60.7 Å². The molecule has 3 fully saturated rings. The van der Waals surface area contributed by atoms with Gasteiger partial charge in [0.1, 0.15) is 11.9 Å². The van der Waals surface area contributed by atoms with Gasteiger partial charge >= 0.3 is 0 Å². The number of rotatable bonds is 11. The summed E-state index contributed by atoms with van der Waals surface area (Å²) in [6.07, 6.45) is 6.35. The van der Waals surface area contributed by atoms with Gasteiger partial charge in [0, 0.05) is 48.9 Å². The number of piperidine rings is 2. The maximum atomic E-state index is 13.5. The van der Waals surface area contributed by atoms with E-state index in [2.05, 4.69) is 37.7 Å². The van der Waals surface area contributed by atoms with E-state index < -0.39 is 29.7 Å². The van der Waals surface area contributed by atoms with Gasteiger partial charge in [-0.3, -0.25) is 43.9 Å². The van der Waals surface area contributed by atoms with Crippen molar-refractivity contribution in [3.05, 3.63) is 83.2 Å². The highest BCUT2D eigenvalue weighted by Crippen LogP contribution is 2.36. The van der Waals surface area contributed by atoms with Crippen LogP contribution in [0.25, 0.3) is 11.0 Å². The SMILES string of the molecule is C[C@H]1CCCN1Cc1nc2cc(NC(=O)c3ccc(NC(=O)CCCC4CCN(c5cccc6c5C(=O)N(C5CCC(=O)NC5=O)C6=O)CC4)cc3)ccc2[nH]1. The van der Waals surface area contributed by atoms with Crippen LogP contribution in [0.1, 0.15) is 102 Å². The summed E-state index contributed by atoms with van der Waals surface area (Å²) < 4.78 is 0. The fourth-order valence-electron chi connectivity index (χ4n) is 8.54. The summed E-state index contributed by atoms with van der Waals surface area (Å²) in [7, 11) is 0. The molecule has 56 heavy (non-hydrogen) atoms. The second-order valence-corrected chi connectivity index (χ2v) is 15.4. The average molecular weight is 759 g/mol. The third-order valence-electron chi connectivity index (χ3n) is 11.7. The molecule has 4 aliphatic rings. The summed E-state index contributed by atoms with van der Waals surface area (Å²) >= 11 is 0. The molecule has 4 aromatic rings. The monoisotopic (exact) mass is 758 g/mol. The molecule has 5 heterocycles. The van der Waals surface area contributed by atoms with E-state index >= 15 is 0 Å². The Morgan fingerprint density at radius 1 is 0.875 bits per heavy atom. The van der Waals surface area contributed by atoms with Gasteiger partial charge in [-0.05, 0) is 119 Å². The minimum atomic E-state index is -1.00. The second kappa shape index (κ2) is 15.7. The van der Waals surface area contributed by atoms with Crippen molar-refractivity contribution in [3.8, 4) is 0 Å². The highest BCUT2D eigenvalue weighted by atomic mass is 16.2. The van der Waals surface area contributed by atoms with Crippen LogP contribution < -0.4 is 20.9 Å². The number of hydrogen-bond acceptors (Lipinski definition) is 9. The molecule has 6 amide bonds. The van der Waals surface area contributed by atoms with E-state index in [1.807, 2.05) is 24.3 Å². The lowest BCUT2D eigenvalue weighted by Gasteiger charge is -2.34. The van der Waals surface area contributed by atoms with Crippen molar-refractivity contribution in [1.82, 2.24) is 25.1 Å². The average Bonchev–Trinajstić information content (AvgIpc) is 3.86. The molecule has 0 spiro atoms. The summed E-state index contributed by atoms with van der Waals surface area (Å²) in [6.45, 7) is 5.51. The molecule has 8 rings (SSSR count). The number of aromatic nitrogens is 2. The molecule has 0 radical (unpaired) electrons. The summed E-state index contributed by atoms with van der Waals surface area (Å²) in [6, 6.07) is 17.3. The van der Waals surface area contributed by atoms with Crippen LogP contribution >= 0.6 is 0 Å². The predicted octanol–water partition coefficient (Wildman–Crippen LogP) is 5.23. The molecule has 0 aliphatic carbocycles. The zero-order chi connectivity index (χ0) is 38.9. The molecule has 290 valence electrons. The maximum Gasteiger partial charge on any atom is 0.264 e. The first kappa shape index (κ1) is 37.1. The van der Waals surface area contributed by atoms with Crippen LogP contribution in [0.3, 0.4) is 0 Å². The van der Waals surface area contributed by atoms with Gasteiger partial charge in [-0.25, -0.2) is 4.98 Å². The van der Waals surface area contributed by atoms with Crippen LogP contribution in [-0.2, 0) is 20.9 Å². The molecule has 1 aromatic heterocycles. The van der Waals surface area contributed by atoms with E-state index in [4.69, 9.17) is 4.98 Å². The Morgan fingerprint density at radius 3 is 2.41 bits per heavy atom. The summed E-state index contributed by atoms with van der Waals surface area (Å²) in [5.41, 5.74) is 4.77. The Hall–Kier alpha value is -5.89. The summed E-state index contributed by atoms with van der Waals surface area (Å²) in [4.78, 5) is 90.5. The van der Waals surface area contributed by atoms with Crippen LogP contribution in [0, 0.1) is 5.92 Å². The Morgan fingerprint density at radius 2 is 1.66 bits per heavy atom. The molecule has 4 aliphatic heterocycles. The Kier molecular flexibility index (Phi) is 10.4. The van der Waals surface area contributed by atoms with Gasteiger partial charge in [-0.1, -0.05) is 6.07 Å². The second-order valence-electron chi connectivity index (χ2n) is 15.4. The number of carbonyl (C=O) groups excluding carboxylic acids is 6. The largest absolute Gasteiger partial charge is 0.371 e. The van der Waals surface area contributed by atoms with E-state index in [1.165, 1.54) is 12.8 Å². The lowest BCUT2D eigenvalue weighted by atomic mass is 9.90. The fraction of sp³-hybridized carbons (Fsp3) is 0.405. The Labute approximate surface area is 324 Å². The molecule has 0 bridgehead atoms. The predicted molar refractivity (Wildman–Crippen MR) is 210 cm³/mol. The van der Waals surface area contributed by atoms with Crippen molar-refractivity contribution < 1.29 is 28.8 Å². The van der Waals surface area contributed by atoms with Crippen molar-refractivity contribution in [1.29, 1.82) is 0 Å². The van der Waals surface area contributed by atoms with Crippen LogP contribution in [0.4, 0.5) is 17.1 Å². The molecular formula is C42H46N8O6. The zero-order valence-corrected chi connectivity index (χ0v) is 31.4. The maximum absolute atomic E-state index is 13.5. The topological polar surface area (TPSA) is 177 Å². The van der Waals surface area contributed by atoms with Gasteiger partial charge in [0.05, 0.1) is 34.4 Å². The standard InChI is InChI=1S/C42H46N8O6/c1-25-5-4-20-49(25)24-35-45-31-15-14-29(23-32(31)46-35)44-39(53)27-10-12-28(13-11-27)43-36(51)9-2-6-26-18-21-48(22-19-26)33-8-3-7-30-38(33)42(56)50(41(30)55)34-16-17-37(52)47-40(34)54/h3,7-8,10-15,23,25-26,34H,2,4-6,9,16-22,24H2,1H3,(H,43,51)(H,44,53)(H,45,46)(H,47,52,54)/t25-,34?/m0/s1. The number of imide groups is 2. The molecule has 2 atom stereocenters. The molecule has 1 unspecified atom stereocenters. The first-order chi connectivity index (χ1) is 27.1. The van der Waals surface area contributed by atoms with Gasteiger partial charge in [0.2, 0.25) is 17.7 Å². The van der Waals surface area contributed by atoms with Crippen LogP contribution in [-0.4, -0.2) is 86.9 Å². The van der Waals surface area contributed by atoms with Crippen LogP contribution in [0.2, 0.25) is 0 Å². The normalized spacial score (nSPS) is 20.4. The molecule has 4 N–H and O–H groups in total. The minimum absolute atomic E-state index is 0.0742. The number of anilines is 3. The van der Waals surface area contributed by atoms with Gasteiger partial charge in [-0.2, -0.15) is 0 Å². The van der Waals surface area contributed by atoms with E-state index in [1.54, 1.807) is 36.4 Å². The number of hydrogen-bond donors (Lipinski definition) is 4. The quantitative estimate of drug-likeness (QED) is 0.149. The lowest BCUT2D eigenvalue weighted by molar-refractivity contribution is -0.136. The van der Waals surface area contributed by atoms with E-state index in [0.717, 1.165) is 60.5 Å². The van der Waals surface area contributed by atoms with Gasteiger partial charge in [0.15, 0.2) is 0 Å². The molecule has 14 heteroatoms. The van der Waals surface area contributed by atoms with Crippen molar-refractivity contribution in [3.63, 3.8) is 0 Å². The number of fused-ring (bicyclic) bond motifs is 2. The van der Waals surface area contributed by atoms with E-state index in [0.29, 0.717) is 59.7 Å². The Balaban J connectivity index is 0.778. The van der Waals surface area contributed by atoms with Crippen molar-refractivity contribution in [2.45, 2.75) is 83.3 Å². The number of nitrogens with one attached hydrogen (secondary N) is 4. The summed E-state index contributed by atoms with van der Waals surface area (Å²) in [5.74, 6) is -1.04. The number of benzene rings is 3. The number of amides is 6. The lowest BCUT2D eigenvalue weighted by Crippen LogP contribution is -2.54. The molecule has 0 saturated carbocycles. The van der Waals surface area contributed by atoms with Gasteiger partial charge in [0.25, 0.3) is 17.7 Å². The third kappa shape index (κ3) is 7.65. The highest BCUT2D eigenvalue weighted by molar-refractivity contribution is 6.25. The van der Waals surface area contributed by atoms with Gasteiger partial charge < -0.3 is 20.5 Å². The molecule has 14 nitrogen and oxygen atoms in total. The number of imidazole rings is 1. The number of H-pyrrole nitrogens is 1. The molecular weight excluding hydrogens is 713 g/mol. The fourth-order valence-corrected chi connectivity index (χ4v) is 8.54. The number of likely N-dealkylation sites (tertiary alicyclic amines) is 1. The third-order valence-corrected chi connectivity index (χ3v) is 11.7. The van der Waals surface area contributed by atoms with Crippen molar-refractivity contribution in [2.75, 3.05) is 35.2 Å². The van der Waals surface area contributed by atoms with Gasteiger partial charge in [-0.15, -0.1) is 0 Å². The number of carbonyl (C=O) groups is 6. The Bertz CT molecular complexity index is 2210. The highest BCUT2D eigenvalue weighted by Gasteiger charge is 2.46. The first-order valence-corrected chi connectivity index (χ1v) is 19.6. The summed E-state index contributed by atoms with van der Waals surface area (Å²) in [5, 5.41) is 8.14. The van der Waals surface area contributed by atoms with Crippen molar-refractivity contribution in [2.24, 2.45) is 5.92 Å². The number of nitrogens with zero attached hydrogens (tertiary/aromatic N) is 4. The van der Waals surface area contributed by atoms with Crippen molar-refractivity contribution >= 4 is 63.5 Å². The van der Waals surface area contributed by atoms with Crippen LogP contribution in [0.5, 0.6) is 0 Å². The number of aromatic amines is 1. The smallest absolute Gasteiger partial charge is 0.264 e. The zero-order valence-electron chi connectivity index (χ0n) is 31.4. The first-order valence-electron chi connectivity index (χ1n) is 19.6.